The Morgan fingerprint density at radius 1 is 0.913 bits per heavy atom. The predicted molar refractivity (Wildman–Crippen MR) is 91.8 cm³/mol. The highest BCUT2D eigenvalue weighted by Crippen LogP contribution is 2.08. The van der Waals surface area contributed by atoms with Gasteiger partial charge in [-0.15, -0.1) is 0 Å². The van der Waals surface area contributed by atoms with Crippen molar-refractivity contribution in [3.05, 3.63) is 17.9 Å². The second kappa shape index (κ2) is 10.4. The molecule has 2 aromatic heterocycles. The van der Waals surface area contributed by atoms with Crippen molar-refractivity contribution in [1.82, 2.24) is 29.9 Å². The lowest BCUT2D eigenvalue weighted by molar-refractivity contribution is 0.866. The maximum Gasteiger partial charge on any atom is 0.228 e. The molecule has 2 rings (SSSR count). The molecule has 0 saturated carbocycles. The fraction of sp³-hybridized carbons (Fsp3) is 0.538. The second-order valence-corrected chi connectivity index (χ2v) is 4.91. The lowest BCUT2D eigenvalue weighted by Crippen LogP contribution is -2.12. The zero-order chi connectivity index (χ0) is 17.1. The third-order valence-corrected chi connectivity index (χ3v) is 2.36. The summed E-state index contributed by atoms with van der Waals surface area (Å²) in [6, 6.07) is 0.363. The van der Waals surface area contributed by atoms with Crippen LogP contribution in [0.5, 0.6) is 0 Å². The molecular weight excluding hydrogens is 318 g/mol. The molecule has 0 aliphatic rings. The van der Waals surface area contributed by atoms with Crippen molar-refractivity contribution in [1.29, 1.82) is 0 Å². The molecule has 2 aromatic rings. The van der Waals surface area contributed by atoms with E-state index in [-0.39, 0.29) is 5.28 Å². The predicted octanol–water partition coefficient (Wildman–Crippen LogP) is 2.08. The molecule has 0 aliphatic carbocycles. The van der Waals surface area contributed by atoms with Gasteiger partial charge in [0.25, 0.3) is 0 Å². The van der Waals surface area contributed by atoms with E-state index in [2.05, 4.69) is 45.9 Å². The summed E-state index contributed by atoms with van der Waals surface area (Å²) in [5, 5.41) is 9.16. The number of anilines is 3. The van der Waals surface area contributed by atoms with Crippen molar-refractivity contribution in [2.24, 2.45) is 0 Å². The maximum absolute atomic E-state index is 5.68. The van der Waals surface area contributed by atoms with Crippen LogP contribution in [0.1, 0.15) is 27.7 Å². The van der Waals surface area contributed by atoms with E-state index >= 15 is 0 Å². The average molecular weight is 340 g/mol. The maximum atomic E-state index is 5.68. The molecule has 0 fully saturated rings. The van der Waals surface area contributed by atoms with Gasteiger partial charge in [-0.1, -0.05) is 0 Å². The highest BCUT2D eigenvalue weighted by molar-refractivity contribution is 6.28. The van der Waals surface area contributed by atoms with Crippen LogP contribution in [0.25, 0.3) is 0 Å². The fourth-order valence-electron chi connectivity index (χ4n) is 1.40. The van der Waals surface area contributed by atoms with Gasteiger partial charge in [0.2, 0.25) is 23.1 Å². The molecule has 2 heterocycles. The Balaban J connectivity index is 0.000000238. The average Bonchev–Trinajstić information content (AvgIpc) is 2.48. The smallest absolute Gasteiger partial charge is 0.228 e. The van der Waals surface area contributed by atoms with Gasteiger partial charge in [-0.3, -0.25) is 0 Å². The molecule has 0 spiro atoms. The van der Waals surface area contributed by atoms with Gasteiger partial charge in [0.1, 0.15) is 12.7 Å². The summed E-state index contributed by atoms with van der Waals surface area (Å²) in [6.45, 7) is 9.50. The van der Waals surface area contributed by atoms with E-state index < -0.39 is 0 Å². The number of nitrogens with one attached hydrogen (secondary N) is 3. The molecular formula is C13H22ClN9. The number of rotatable bonds is 6. The van der Waals surface area contributed by atoms with E-state index in [9.17, 15) is 0 Å². The van der Waals surface area contributed by atoms with Gasteiger partial charge in [0, 0.05) is 19.1 Å². The van der Waals surface area contributed by atoms with Crippen molar-refractivity contribution in [2.75, 3.05) is 29.0 Å². The van der Waals surface area contributed by atoms with Gasteiger partial charge < -0.3 is 16.0 Å². The quantitative estimate of drug-likeness (QED) is 0.727. The summed E-state index contributed by atoms with van der Waals surface area (Å²) in [5.74, 6) is 1.63. The first kappa shape index (κ1) is 18.8. The topological polar surface area (TPSA) is 113 Å². The molecule has 10 heteroatoms. The number of hydrogen-bond acceptors (Lipinski definition) is 9. The molecule has 0 bridgehead atoms. The van der Waals surface area contributed by atoms with Crippen molar-refractivity contribution < 1.29 is 0 Å². The van der Waals surface area contributed by atoms with Crippen LogP contribution in [-0.2, 0) is 0 Å². The number of hydrogen-bond donors (Lipinski definition) is 3. The van der Waals surface area contributed by atoms with Crippen LogP contribution in [-0.4, -0.2) is 49.0 Å². The van der Waals surface area contributed by atoms with E-state index in [4.69, 9.17) is 11.6 Å². The van der Waals surface area contributed by atoms with Gasteiger partial charge in [-0.05, 0) is 39.3 Å². The van der Waals surface area contributed by atoms with Crippen LogP contribution in [0, 0.1) is 0 Å². The van der Waals surface area contributed by atoms with Gasteiger partial charge in [-0.2, -0.15) is 15.0 Å². The summed E-state index contributed by atoms with van der Waals surface area (Å²) in [5.41, 5.74) is 0. The summed E-state index contributed by atoms with van der Waals surface area (Å²) in [7, 11) is 0. The van der Waals surface area contributed by atoms with Gasteiger partial charge >= 0.3 is 0 Å². The third kappa shape index (κ3) is 8.05. The lowest BCUT2D eigenvalue weighted by Gasteiger charge is -2.05. The highest BCUT2D eigenvalue weighted by atomic mass is 35.5. The number of halogens is 1. The summed E-state index contributed by atoms with van der Waals surface area (Å²) < 4.78 is 0. The fourth-order valence-corrected chi connectivity index (χ4v) is 1.56. The van der Waals surface area contributed by atoms with Crippen molar-refractivity contribution in [3.8, 4) is 0 Å². The molecule has 23 heavy (non-hydrogen) atoms. The zero-order valence-electron chi connectivity index (χ0n) is 13.7. The Kier molecular flexibility index (Phi) is 8.51. The highest BCUT2D eigenvalue weighted by Gasteiger charge is 2.02. The van der Waals surface area contributed by atoms with Crippen molar-refractivity contribution in [3.63, 3.8) is 0 Å². The molecule has 0 unspecified atom stereocenters. The lowest BCUT2D eigenvalue weighted by atomic mass is 10.4. The molecule has 3 N–H and O–H groups in total. The van der Waals surface area contributed by atoms with E-state index in [0.29, 0.717) is 23.9 Å². The molecule has 0 atom stereocenters. The van der Waals surface area contributed by atoms with Crippen LogP contribution < -0.4 is 16.0 Å². The van der Waals surface area contributed by atoms with E-state index in [1.807, 2.05) is 27.7 Å². The molecule has 9 nitrogen and oxygen atoms in total. The first-order valence-electron chi connectivity index (χ1n) is 7.33. The normalized spacial score (nSPS) is 9.83. The SMILES string of the molecule is CC(C)Nc1ncncn1.CCNc1nc(Cl)nc(NCC)n1. The number of nitrogens with zero attached hydrogens (tertiary/aromatic N) is 6. The Hall–Kier alpha value is -2.29. The molecule has 0 amide bonds. The Morgan fingerprint density at radius 2 is 1.43 bits per heavy atom. The van der Waals surface area contributed by atoms with Crippen molar-refractivity contribution >= 4 is 29.4 Å². The zero-order valence-corrected chi connectivity index (χ0v) is 14.5. The minimum absolute atomic E-state index is 0.196. The van der Waals surface area contributed by atoms with Crippen LogP contribution in [0.2, 0.25) is 5.28 Å². The molecule has 126 valence electrons. The van der Waals surface area contributed by atoms with Crippen molar-refractivity contribution in [2.45, 2.75) is 33.7 Å². The Morgan fingerprint density at radius 3 is 1.87 bits per heavy atom. The summed E-state index contributed by atoms with van der Waals surface area (Å²) in [6.07, 6.45) is 2.94. The first-order valence-corrected chi connectivity index (χ1v) is 7.70. The van der Waals surface area contributed by atoms with Gasteiger partial charge in [0.05, 0.1) is 0 Å². The molecule has 0 aliphatic heterocycles. The van der Waals surface area contributed by atoms with Gasteiger partial charge in [-0.25, -0.2) is 15.0 Å². The Labute approximate surface area is 140 Å². The van der Waals surface area contributed by atoms with E-state index in [0.717, 1.165) is 13.1 Å². The molecule has 0 saturated heterocycles. The van der Waals surface area contributed by atoms with E-state index in [1.54, 1.807) is 0 Å². The molecule has 0 aromatic carbocycles. The van der Waals surface area contributed by atoms with Crippen LogP contribution in [0.15, 0.2) is 12.7 Å². The summed E-state index contributed by atoms with van der Waals surface area (Å²) >= 11 is 5.68. The van der Waals surface area contributed by atoms with Crippen LogP contribution in [0.3, 0.4) is 0 Å². The Bertz CT molecular complexity index is 540. The minimum Gasteiger partial charge on any atom is -0.354 e. The van der Waals surface area contributed by atoms with E-state index in [1.165, 1.54) is 12.7 Å². The van der Waals surface area contributed by atoms with Gasteiger partial charge in [0.15, 0.2) is 0 Å². The standard InChI is InChI=1S/C7H12ClN5.C6H10N4/c1-3-9-6-11-5(8)12-7(13-6)10-4-2;1-5(2)10-6-8-3-7-4-9-6/h3-4H2,1-2H3,(H2,9,10,11,12,13);3-5H,1-2H3,(H,7,8,9,10). The molecule has 0 radical (unpaired) electrons. The number of aromatic nitrogens is 6. The summed E-state index contributed by atoms with van der Waals surface area (Å²) in [4.78, 5) is 23.3. The minimum atomic E-state index is 0.196. The largest absolute Gasteiger partial charge is 0.354 e. The monoisotopic (exact) mass is 339 g/mol. The third-order valence-electron chi connectivity index (χ3n) is 2.19. The van der Waals surface area contributed by atoms with Crippen LogP contribution in [0.4, 0.5) is 17.8 Å². The first-order chi connectivity index (χ1) is 11.0. The second-order valence-electron chi connectivity index (χ2n) is 4.57. The van der Waals surface area contributed by atoms with Crippen LogP contribution >= 0.6 is 11.6 Å².